The first-order valence-corrected chi connectivity index (χ1v) is 12.4. The van der Waals surface area contributed by atoms with Crippen molar-refractivity contribution < 1.29 is 10.2 Å². The summed E-state index contributed by atoms with van der Waals surface area (Å²) in [5.74, 6) is 0.301. The van der Waals surface area contributed by atoms with Crippen LogP contribution in [0.5, 0.6) is 5.75 Å². The predicted octanol–water partition coefficient (Wildman–Crippen LogP) is 3.99. The molecule has 4 aliphatic rings. The van der Waals surface area contributed by atoms with E-state index in [1.807, 2.05) is 23.9 Å². The third-order valence-corrected chi connectivity index (χ3v) is 10.0. The normalized spacial score (nSPS) is 35.0. The predicted molar refractivity (Wildman–Crippen MR) is 125 cm³/mol. The number of rotatable bonds is 1. The van der Waals surface area contributed by atoms with Crippen LogP contribution in [0.4, 0.5) is 0 Å². The maximum Gasteiger partial charge on any atom is 0.169 e. The Morgan fingerprint density at radius 3 is 2.81 bits per heavy atom. The number of imidazole rings is 1. The Morgan fingerprint density at radius 1 is 1.12 bits per heavy atom. The van der Waals surface area contributed by atoms with Gasteiger partial charge in [-0.25, -0.2) is 4.98 Å². The summed E-state index contributed by atoms with van der Waals surface area (Å²) in [6, 6.07) is 16.6. The van der Waals surface area contributed by atoms with Gasteiger partial charge in [0.25, 0.3) is 0 Å². The van der Waals surface area contributed by atoms with Crippen molar-refractivity contribution in [2.24, 2.45) is 0 Å². The lowest BCUT2D eigenvalue weighted by atomic mass is 9.49. The maximum atomic E-state index is 12.4. The van der Waals surface area contributed by atoms with Gasteiger partial charge in [-0.2, -0.15) is 0 Å². The van der Waals surface area contributed by atoms with Gasteiger partial charge in [0.15, 0.2) is 5.16 Å². The minimum atomic E-state index is -0.790. The van der Waals surface area contributed by atoms with E-state index < -0.39 is 5.60 Å². The third-order valence-electron chi connectivity index (χ3n) is 8.71. The van der Waals surface area contributed by atoms with E-state index in [2.05, 4.69) is 53.0 Å². The van der Waals surface area contributed by atoms with Gasteiger partial charge in [-0.15, -0.1) is 0 Å². The lowest BCUT2D eigenvalue weighted by Crippen LogP contribution is -2.73. The molecule has 6 heteroatoms. The van der Waals surface area contributed by atoms with Crippen LogP contribution in [0.25, 0.3) is 11.3 Å². The van der Waals surface area contributed by atoms with Gasteiger partial charge in [0, 0.05) is 34.5 Å². The molecule has 5 nitrogen and oxygen atoms in total. The molecule has 3 aromatic rings. The van der Waals surface area contributed by atoms with Crippen LogP contribution in [0.3, 0.4) is 0 Å². The van der Waals surface area contributed by atoms with Gasteiger partial charge in [-0.05, 0) is 62.5 Å². The topological polar surface area (TPSA) is 61.5 Å². The fourth-order valence-corrected chi connectivity index (χ4v) is 8.60. The highest BCUT2D eigenvalue weighted by Crippen LogP contribution is 2.64. The minimum Gasteiger partial charge on any atom is -0.508 e. The number of hydrogen-bond donors (Lipinski definition) is 2. The molecule has 0 radical (unpaired) electrons. The van der Waals surface area contributed by atoms with Crippen LogP contribution in [-0.4, -0.2) is 55.1 Å². The lowest BCUT2D eigenvalue weighted by molar-refractivity contribution is -0.165. The zero-order chi connectivity index (χ0) is 21.7. The van der Waals surface area contributed by atoms with Crippen LogP contribution >= 0.6 is 11.8 Å². The number of thioether (sulfide) groups is 1. The van der Waals surface area contributed by atoms with Crippen molar-refractivity contribution in [2.45, 2.75) is 59.2 Å². The molecular weight excluding hydrogens is 418 g/mol. The fraction of sp³-hybridized carbons (Fsp3) is 0.423. The largest absolute Gasteiger partial charge is 0.508 e. The summed E-state index contributed by atoms with van der Waals surface area (Å²) in [5, 5.41) is 24.2. The summed E-state index contributed by atoms with van der Waals surface area (Å²) < 4.78 is 2.37. The Morgan fingerprint density at radius 2 is 1.97 bits per heavy atom. The molecule has 2 N–H and O–H groups in total. The summed E-state index contributed by atoms with van der Waals surface area (Å²) in [4.78, 5) is 7.34. The summed E-state index contributed by atoms with van der Waals surface area (Å²) >= 11 is 1.83. The first-order chi connectivity index (χ1) is 15.5. The highest BCUT2D eigenvalue weighted by molar-refractivity contribution is 8.00. The van der Waals surface area contributed by atoms with Gasteiger partial charge >= 0.3 is 0 Å². The second-order valence-corrected chi connectivity index (χ2v) is 11.3. The van der Waals surface area contributed by atoms with E-state index in [1.54, 1.807) is 6.07 Å². The van der Waals surface area contributed by atoms with E-state index in [9.17, 15) is 10.2 Å². The molecule has 2 fully saturated rings. The zero-order valence-electron chi connectivity index (χ0n) is 18.1. The third kappa shape index (κ3) is 2.35. The Bertz CT molecular complexity index is 1230. The van der Waals surface area contributed by atoms with Gasteiger partial charge < -0.3 is 19.7 Å². The van der Waals surface area contributed by atoms with E-state index in [4.69, 9.17) is 4.98 Å². The molecular formula is C26H27N3O2S. The summed E-state index contributed by atoms with van der Waals surface area (Å²) in [6.07, 6.45) is 5.61. The SMILES string of the molecule is CN1CC[C@@]23CC4C(C[C@@]2(O)[C@@H]1Cc1ccc(O)cc13)Sc1nc(-c2ccccc2)cn14. The van der Waals surface area contributed by atoms with Gasteiger partial charge in [0.05, 0.1) is 11.3 Å². The molecule has 2 aliphatic heterocycles. The van der Waals surface area contributed by atoms with Crippen LogP contribution in [0.2, 0.25) is 0 Å². The van der Waals surface area contributed by atoms with Crippen LogP contribution < -0.4 is 0 Å². The molecule has 5 atom stereocenters. The first-order valence-electron chi connectivity index (χ1n) is 11.5. The number of aromatic hydroxyl groups is 1. The Labute approximate surface area is 192 Å². The average Bonchev–Trinajstić information content (AvgIpc) is 3.33. The highest BCUT2D eigenvalue weighted by atomic mass is 32.2. The number of fused-ring (bicyclic) bond motifs is 4. The van der Waals surface area contributed by atoms with Crippen molar-refractivity contribution in [1.29, 1.82) is 0 Å². The molecule has 3 heterocycles. The molecule has 0 spiro atoms. The number of piperidine rings is 1. The smallest absolute Gasteiger partial charge is 0.169 e. The number of likely N-dealkylation sites (tertiary alicyclic amines) is 1. The second kappa shape index (κ2) is 6.40. The maximum absolute atomic E-state index is 12.4. The molecule has 32 heavy (non-hydrogen) atoms. The van der Waals surface area contributed by atoms with E-state index in [1.165, 1.54) is 11.1 Å². The summed E-state index contributed by atoms with van der Waals surface area (Å²) in [5.41, 5.74) is 3.49. The van der Waals surface area contributed by atoms with Crippen molar-refractivity contribution in [3.8, 4) is 17.0 Å². The molecule has 164 valence electrons. The van der Waals surface area contributed by atoms with Crippen LogP contribution in [0, 0.1) is 0 Å². The Balaban J connectivity index is 1.35. The van der Waals surface area contributed by atoms with Crippen LogP contribution in [0.1, 0.15) is 36.4 Å². The number of hydrogen-bond acceptors (Lipinski definition) is 5. The van der Waals surface area contributed by atoms with Gasteiger partial charge in [0.1, 0.15) is 5.75 Å². The van der Waals surface area contributed by atoms with E-state index >= 15 is 0 Å². The summed E-state index contributed by atoms with van der Waals surface area (Å²) in [6.45, 7) is 0.971. The number of aromatic nitrogens is 2. The van der Waals surface area contributed by atoms with Gasteiger partial charge in [0.2, 0.25) is 0 Å². The standard InChI is InChI=1S/C26H27N3O2S/c1-28-10-9-25-13-21-22(32-24-27-20(15-29(21)24)16-5-3-2-4-6-16)14-26(25,31)23(28)11-17-7-8-18(30)12-19(17)25/h2-8,12,15,21-23,30-31H,9-11,13-14H2,1H3/t21?,22?,23-,25-,26+/m0/s1. The van der Waals surface area contributed by atoms with E-state index in [0.717, 1.165) is 48.6 Å². The number of aliphatic hydroxyl groups is 1. The molecule has 2 unspecified atom stereocenters. The van der Waals surface area contributed by atoms with Crippen molar-refractivity contribution in [2.75, 3.05) is 13.6 Å². The van der Waals surface area contributed by atoms with Crippen LogP contribution in [0.15, 0.2) is 59.9 Å². The molecule has 1 saturated heterocycles. The van der Waals surface area contributed by atoms with Crippen molar-refractivity contribution >= 4 is 11.8 Å². The number of likely N-dealkylation sites (N-methyl/N-ethyl adjacent to an activating group) is 1. The minimum absolute atomic E-state index is 0.114. The Hall–Kier alpha value is -2.28. The molecule has 1 saturated carbocycles. The lowest BCUT2D eigenvalue weighted by Gasteiger charge is -2.65. The monoisotopic (exact) mass is 445 g/mol. The molecule has 2 aromatic carbocycles. The number of phenolic OH excluding ortho intramolecular Hbond substituents is 1. The van der Waals surface area contributed by atoms with E-state index in [0.29, 0.717) is 17.0 Å². The molecule has 1 aromatic heterocycles. The van der Waals surface area contributed by atoms with Crippen LogP contribution in [-0.2, 0) is 11.8 Å². The quantitative estimate of drug-likeness (QED) is 0.593. The number of benzene rings is 2. The fourth-order valence-electron chi connectivity index (χ4n) is 7.15. The second-order valence-electron chi connectivity index (χ2n) is 10.1. The van der Waals surface area contributed by atoms with Gasteiger partial charge in [-0.3, -0.25) is 0 Å². The average molecular weight is 446 g/mol. The van der Waals surface area contributed by atoms with Crippen molar-refractivity contribution in [1.82, 2.24) is 14.5 Å². The molecule has 0 amide bonds. The molecule has 7 rings (SSSR count). The zero-order valence-corrected chi connectivity index (χ0v) is 18.9. The molecule has 2 aliphatic carbocycles. The number of nitrogens with zero attached hydrogens (tertiary/aromatic N) is 3. The first kappa shape index (κ1) is 19.2. The summed E-state index contributed by atoms with van der Waals surface area (Å²) in [7, 11) is 2.16. The van der Waals surface area contributed by atoms with Gasteiger partial charge in [-0.1, -0.05) is 48.2 Å². The molecule has 2 bridgehead atoms. The Kier molecular flexibility index (Phi) is 3.84. The highest BCUT2D eigenvalue weighted by Gasteiger charge is 2.67. The number of phenols is 1. The van der Waals surface area contributed by atoms with E-state index in [-0.39, 0.29) is 11.5 Å². The van der Waals surface area contributed by atoms with Crippen molar-refractivity contribution in [3.63, 3.8) is 0 Å². The van der Waals surface area contributed by atoms with Crippen molar-refractivity contribution in [3.05, 3.63) is 65.9 Å².